The summed E-state index contributed by atoms with van der Waals surface area (Å²) < 4.78 is 4.94. The predicted molar refractivity (Wildman–Crippen MR) is 93.5 cm³/mol. The Morgan fingerprint density at radius 1 is 1.46 bits per heavy atom. The standard InChI is InChI=1S/C20H34O4/c1-5-24-18(22)20(4,23)13-6-8-14(2)15-10-11-16-17(21)9-7-12-19(15,16)3/h14-16,23H,5-13H2,1-4H3/t14-,15-,16?,19-,20+/m1/s1. The summed E-state index contributed by atoms with van der Waals surface area (Å²) >= 11 is 0. The summed E-state index contributed by atoms with van der Waals surface area (Å²) in [5, 5.41) is 10.2. The average Bonchev–Trinajstić information content (AvgIpc) is 2.85. The Balaban J connectivity index is 1.88. The zero-order valence-corrected chi connectivity index (χ0v) is 15.8. The number of ketones is 1. The third kappa shape index (κ3) is 3.84. The summed E-state index contributed by atoms with van der Waals surface area (Å²) in [7, 11) is 0. The van der Waals surface area contributed by atoms with E-state index in [0.29, 0.717) is 30.6 Å². The first kappa shape index (κ1) is 19.4. The van der Waals surface area contributed by atoms with Crippen LogP contribution in [0.4, 0.5) is 0 Å². The number of fused-ring (bicyclic) bond motifs is 1. The SMILES string of the molecule is CCOC(=O)[C@@](C)(O)CCC[C@@H](C)[C@H]1CCC2C(=O)CCC[C@@]21C. The van der Waals surface area contributed by atoms with Gasteiger partial charge >= 0.3 is 5.97 Å². The Morgan fingerprint density at radius 2 is 2.17 bits per heavy atom. The van der Waals surface area contributed by atoms with E-state index in [1.54, 1.807) is 13.8 Å². The third-order valence-electron chi connectivity index (χ3n) is 6.66. The van der Waals surface area contributed by atoms with Gasteiger partial charge in [-0.3, -0.25) is 4.79 Å². The Hall–Kier alpha value is -0.900. The van der Waals surface area contributed by atoms with Gasteiger partial charge in [-0.2, -0.15) is 0 Å². The highest BCUT2D eigenvalue weighted by molar-refractivity contribution is 5.83. The smallest absolute Gasteiger partial charge is 0.337 e. The van der Waals surface area contributed by atoms with Crippen molar-refractivity contribution in [3.63, 3.8) is 0 Å². The number of Topliss-reactive ketones (excluding diaryl/α,β-unsaturated/α-hetero) is 1. The van der Waals surface area contributed by atoms with Gasteiger partial charge in [0.25, 0.3) is 0 Å². The summed E-state index contributed by atoms with van der Waals surface area (Å²) in [5.41, 5.74) is -1.23. The van der Waals surface area contributed by atoms with Crippen LogP contribution in [0.2, 0.25) is 0 Å². The maximum Gasteiger partial charge on any atom is 0.337 e. The summed E-state index contributed by atoms with van der Waals surface area (Å²) in [4.78, 5) is 24.0. The number of carbonyl (C=O) groups is 2. The molecule has 0 aromatic carbocycles. The molecule has 0 bridgehead atoms. The first-order valence-corrected chi connectivity index (χ1v) is 9.64. The fourth-order valence-corrected chi connectivity index (χ4v) is 5.26. The Morgan fingerprint density at radius 3 is 2.83 bits per heavy atom. The van der Waals surface area contributed by atoms with Crippen LogP contribution in [0, 0.1) is 23.2 Å². The second-order valence-corrected chi connectivity index (χ2v) is 8.43. The van der Waals surface area contributed by atoms with E-state index in [1.807, 2.05) is 0 Å². The molecule has 0 aliphatic heterocycles. The number of carbonyl (C=O) groups excluding carboxylic acids is 2. The van der Waals surface area contributed by atoms with Crippen LogP contribution < -0.4 is 0 Å². The molecular formula is C20H34O4. The fourth-order valence-electron chi connectivity index (χ4n) is 5.26. The fraction of sp³-hybridized carbons (Fsp3) is 0.900. The van der Waals surface area contributed by atoms with Crippen LogP contribution in [-0.2, 0) is 14.3 Å². The molecule has 138 valence electrons. The van der Waals surface area contributed by atoms with Gasteiger partial charge in [0.1, 0.15) is 5.78 Å². The molecule has 2 saturated carbocycles. The van der Waals surface area contributed by atoms with E-state index in [2.05, 4.69) is 13.8 Å². The molecule has 1 N–H and O–H groups in total. The lowest BCUT2D eigenvalue weighted by Crippen LogP contribution is -2.39. The maximum absolute atomic E-state index is 12.2. The monoisotopic (exact) mass is 338 g/mol. The second kappa shape index (κ2) is 7.55. The Bertz CT molecular complexity index is 470. The minimum Gasteiger partial charge on any atom is -0.464 e. The second-order valence-electron chi connectivity index (χ2n) is 8.43. The molecule has 1 unspecified atom stereocenters. The molecular weight excluding hydrogens is 304 g/mol. The molecule has 4 heteroatoms. The minimum absolute atomic E-state index is 0.165. The van der Waals surface area contributed by atoms with Gasteiger partial charge in [-0.25, -0.2) is 4.79 Å². The Kier molecular flexibility index (Phi) is 6.11. The van der Waals surface area contributed by atoms with Crippen molar-refractivity contribution in [1.82, 2.24) is 0 Å². The molecule has 4 nitrogen and oxygen atoms in total. The molecule has 2 aliphatic rings. The third-order valence-corrected chi connectivity index (χ3v) is 6.66. The van der Waals surface area contributed by atoms with Crippen molar-refractivity contribution in [3.8, 4) is 0 Å². The van der Waals surface area contributed by atoms with Crippen molar-refractivity contribution in [2.24, 2.45) is 23.2 Å². The molecule has 5 atom stereocenters. The molecule has 2 aliphatic carbocycles. The van der Waals surface area contributed by atoms with Gasteiger partial charge < -0.3 is 9.84 Å². The van der Waals surface area contributed by atoms with E-state index in [9.17, 15) is 14.7 Å². The normalized spacial score (nSPS) is 33.6. The van der Waals surface area contributed by atoms with E-state index in [0.717, 1.165) is 38.5 Å². The lowest BCUT2D eigenvalue weighted by molar-refractivity contribution is -0.164. The van der Waals surface area contributed by atoms with Gasteiger partial charge in [0.2, 0.25) is 0 Å². The lowest BCUT2D eigenvalue weighted by Gasteiger charge is -2.42. The summed E-state index contributed by atoms with van der Waals surface area (Å²) in [6, 6.07) is 0. The van der Waals surface area contributed by atoms with Gasteiger partial charge in [0, 0.05) is 12.3 Å². The highest BCUT2D eigenvalue weighted by Crippen LogP contribution is 2.57. The highest BCUT2D eigenvalue weighted by atomic mass is 16.5. The number of aliphatic hydroxyl groups is 1. The Labute approximate surface area is 146 Å². The zero-order valence-electron chi connectivity index (χ0n) is 15.8. The molecule has 0 saturated heterocycles. The van der Waals surface area contributed by atoms with E-state index in [1.165, 1.54) is 6.42 Å². The van der Waals surface area contributed by atoms with Gasteiger partial charge in [0.15, 0.2) is 5.60 Å². The maximum atomic E-state index is 12.2. The number of esters is 1. The first-order chi connectivity index (χ1) is 11.2. The van der Waals surface area contributed by atoms with Crippen molar-refractivity contribution in [2.75, 3.05) is 6.61 Å². The quantitative estimate of drug-likeness (QED) is 0.715. The van der Waals surface area contributed by atoms with E-state index in [4.69, 9.17) is 4.74 Å². The van der Waals surface area contributed by atoms with Crippen LogP contribution in [0.15, 0.2) is 0 Å². The average molecular weight is 338 g/mol. The molecule has 0 spiro atoms. The van der Waals surface area contributed by atoms with E-state index >= 15 is 0 Å². The largest absolute Gasteiger partial charge is 0.464 e. The number of hydrogen-bond donors (Lipinski definition) is 1. The molecule has 24 heavy (non-hydrogen) atoms. The molecule has 0 heterocycles. The topological polar surface area (TPSA) is 63.6 Å². The molecule has 0 amide bonds. The van der Waals surface area contributed by atoms with Gasteiger partial charge in [-0.15, -0.1) is 0 Å². The van der Waals surface area contributed by atoms with E-state index < -0.39 is 11.6 Å². The minimum atomic E-state index is -1.39. The van der Waals surface area contributed by atoms with Crippen LogP contribution in [-0.4, -0.2) is 29.1 Å². The van der Waals surface area contributed by atoms with E-state index in [-0.39, 0.29) is 11.3 Å². The van der Waals surface area contributed by atoms with Crippen LogP contribution in [0.25, 0.3) is 0 Å². The van der Waals surface area contributed by atoms with Crippen LogP contribution in [0.5, 0.6) is 0 Å². The van der Waals surface area contributed by atoms with Crippen molar-refractivity contribution in [2.45, 2.75) is 84.7 Å². The molecule has 2 rings (SSSR count). The predicted octanol–water partition coefficient (Wildman–Crippen LogP) is 3.89. The first-order valence-electron chi connectivity index (χ1n) is 9.64. The molecule has 0 aromatic heterocycles. The molecule has 0 aromatic rings. The summed E-state index contributed by atoms with van der Waals surface area (Å²) in [6.07, 6.45) is 7.37. The highest BCUT2D eigenvalue weighted by Gasteiger charge is 2.52. The number of ether oxygens (including phenoxy) is 1. The van der Waals surface area contributed by atoms with Crippen molar-refractivity contribution in [3.05, 3.63) is 0 Å². The van der Waals surface area contributed by atoms with Crippen LogP contribution >= 0.6 is 0 Å². The van der Waals surface area contributed by atoms with Crippen molar-refractivity contribution >= 4 is 11.8 Å². The van der Waals surface area contributed by atoms with Crippen LogP contribution in [0.1, 0.15) is 79.1 Å². The summed E-state index contributed by atoms with van der Waals surface area (Å²) in [5.74, 6) is 1.32. The number of rotatable bonds is 7. The molecule has 0 radical (unpaired) electrons. The van der Waals surface area contributed by atoms with Crippen molar-refractivity contribution in [1.29, 1.82) is 0 Å². The van der Waals surface area contributed by atoms with Crippen LogP contribution in [0.3, 0.4) is 0 Å². The zero-order chi connectivity index (χ0) is 18.0. The number of hydrogen-bond acceptors (Lipinski definition) is 4. The van der Waals surface area contributed by atoms with Gasteiger partial charge in [-0.05, 0) is 69.6 Å². The van der Waals surface area contributed by atoms with Crippen molar-refractivity contribution < 1.29 is 19.4 Å². The molecule has 2 fully saturated rings. The lowest BCUT2D eigenvalue weighted by atomic mass is 9.62. The van der Waals surface area contributed by atoms with Gasteiger partial charge in [-0.1, -0.05) is 20.3 Å². The van der Waals surface area contributed by atoms with Gasteiger partial charge in [0.05, 0.1) is 6.61 Å². The summed E-state index contributed by atoms with van der Waals surface area (Å²) in [6.45, 7) is 8.18.